The lowest BCUT2D eigenvalue weighted by atomic mass is 10.0. The van der Waals surface area contributed by atoms with Gasteiger partial charge in [-0.2, -0.15) is 0 Å². The first kappa shape index (κ1) is 14.7. The quantitative estimate of drug-likeness (QED) is 0.920. The van der Waals surface area contributed by atoms with Crippen LogP contribution < -0.4 is 10.6 Å². The maximum absolute atomic E-state index is 12.4. The Kier molecular flexibility index (Phi) is 4.87. The molecule has 0 fully saturated rings. The number of hydrogen-bond donors (Lipinski definition) is 1. The van der Waals surface area contributed by atoms with Crippen LogP contribution in [-0.2, 0) is 4.79 Å². The summed E-state index contributed by atoms with van der Waals surface area (Å²) < 4.78 is 0. The maximum Gasteiger partial charge on any atom is 0.230 e. The lowest BCUT2D eigenvalue weighted by Gasteiger charge is -2.20. The lowest BCUT2D eigenvalue weighted by molar-refractivity contribution is -0.118. The van der Waals surface area contributed by atoms with E-state index in [0.717, 1.165) is 16.4 Å². The SMILES string of the molecule is CCN(C(=O)CC(N)c1ccccc1)c1nc(C)cs1. The van der Waals surface area contributed by atoms with Gasteiger partial charge in [0.05, 0.1) is 5.69 Å². The van der Waals surface area contributed by atoms with Crippen LogP contribution in [0.1, 0.15) is 30.6 Å². The van der Waals surface area contributed by atoms with Gasteiger partial charge in [-0.25, -0.2) is 4.98 Å². The fourth-order valence-electron chi connectivity index (χ4n) is 2.00. The van der Waals surface area contributed by atoms with Crippen molar-refractivity contribution in [3.63, 3.8) is 0 Å². The van der Waals surface area contributed by atoms with Crippen molar-refractivity contribution in [2.45, 2.75) is 26.3 Å². The zero-order valence-corrected chi connectivity index (χ0v) is 12.6. The molecule has 1 unspecified atom stereocenters. The molecule has 106 valence electrons. The lowest BCUT2D eigenvalue weighted by Crippen LogP contribution is -2.33. The minimum atomic E-state index is -0.279. The number of hydrogen-bond acceptors (Lipinski definition) is 4. The second-order valence-electron chi connectivity index (χ2n) is 4.63. The van der Waals surface area contributed by atoms with E-state index in [9.17, 15) is 4.79 Å². The van der Waals surface area contributed by atoms with Crippen LogP contribution in [0.2, 0.25) is 0 Å². The molecule has 2 N–H and O–H groups in total. The Bertz CT molecular complexity index is 568. The van der Waals surface area contributed by atoms with Crippen LogP contribution in [0.25, 0.3) is 0 Å². The van der Waals surface area contributed by atoms with Crippen molar-refractivity contribution in [3.05, 3.63) is 47.0 Å². The molecule has 2 aromatic rings. The van der Waals surface area contributed by atoms with Gasteiger partial charge >= 0.3 is 0 Å². The van der Waals surface area contributed by atoms with E-state index in [-0.39, 0.29) is 18.4 Å². The van der Waals surface area contributed by atoms with Crippen molar-refractivity contribution >= 4 is 22.4 Å². The van der Waals surface area contributed by atoms with Crippen LogP contribution in [0.5, 0.6) is 0 Å². The van der Waals surface area contributed by atoms with Crippen molar-refractivity contribution in [3.8, 4) is 0 Å². The monoisotopic (exact) mass is 289 g/mol. The average Bonchev–Trinajstić information content (AvgIpc) is 2.87. The van der Waals surface area contributed by atoms with Crippen molar-refractivity contribution in [2.24, 2.45) is 5.73 Å². The van der Waals surface area contributed by atoms with Gasteiger partial charge in [-0.3, -0.25) is 9.69 Å². The molecule has 20 heavy (non-hydrogen) atoms. The molecule has 1 amide bonds. The van der Waals surface area contributed by atoms with Gasteiger partial charge in [-0.05, 0) is 19.4 Å². The number of amides is 1. The highest BCUT2D eigenvalue weighted by Gasteiger charge is 2.20. The fraction of sp³-hybridized carbons (Fsp3) is 0.333. The molecule has 0 spiro atoms. The van der Waals surface area contributed by atoms with Crippen LogP contribution in [0.3, 0.4) is 0 Å². The molecule has 4 nitrogen and oxygen atoms in total. The Morgan fingerprint density at radius 3 is 2.65 bits per heavy atom. The number of nitrogens with zero attached hydrogens (tertiary/aromatic N) is 2. The highest BCUT2D eigenvalue weighted by Crippen LogP contribution is 2.22. The first-order valence-corrected chi connectivity index (χ1v) is 7.52. The molecule has 5 heteroatoms. The van der Waals surface area contributed by atoms with Crippen LogP contribution in [0.15, 0.2) is 35.7 Å². The molecule has 2 rings (SSSR count). The molecule has 0 saturated carbocycles. The third-order valence-electron chi connectivity index (χ3n) is 3.08. The van der Waals surface area contributed by atoms with E-state index in [1.165, 1.54) is 11.3 Å². The van der Waals surface area contributed by atoms with E-state index in [1.54, 1.807) is 4.90 Å². The Balaban J connectivity index is 2.06. The highest BCUT2D eigenvalue weighted by molar-refractivity contribution is 7.14. The van der Waals surface area contributed by atoms with E-state index in [1.807, 2.05) is 49.6 Å². The summed E-state index contributed by atoms with van der Waals surface area (Å²) in [5.41, 5.74) is 8.02. The number of benzene rings is 1. The van der Waals surface area contributed by atoms with Crippen LogP contribution >= 0.6 is 11.3 Å². The van der Waals surface area contributed by atoms with Gasteiger partial charge in [0.2, 0.25) is 5.91 Å². The molecular formula is C15H19N3OS. The third-order valence-corrected chi connectivity index (χ3v) is 4.06. The minimum Gasteiger partial charge on any atom is -0.324 e. The number of aryl methyl sites for hydroxylation is 1. The number of thiazole rings is 1. The van der Waals surface area contributed by atoms with Gasteiger partial charge in [0.15, 0.2) is 5.13 Å². The molecule has 0 aliphatic carbocycles. The number of rotatable bonds is 5. The molecule has 1 heterocycles. The zero-order chi connectivity index (χ0) is 14.5. The van der Waals surface area contributed by atoms with Gasteiger partial charge in [0.1, 0.15) is 0 Å². The number of carbonyl (C=O) groups is 1. The molecule has 1 atom stereocenters. The molecule has 0 aliphatic rings. The highest BCUT2D eigenvalue weighted by atomic mass is 32.1. The minimum absolute atomic E-state index is 0.0122. The summed E-state index contributed by atoms with van der Waals surface area (Å²) >= 11 is 1.49. The van der Waals surface area contributed by atoms with Crippen molar-refractivity contribution in [1.82, 2.24) is 4.98 Å². The number of anilines is 1. The largest absolute Gasteiger partial charge is 0.324 e. The second-order valence-corrected chi connectivity index (χ2v) is 5.47. The van der Waals surface area contributed by atoms with Crippen molar-refractivity contribution in [2.75, 3.05) is 11.4 Å². The van der Waals surface area contributed by atoms with E-state index < -0.39 is 0 Å². The molecule has 0 radical (unpaired) electrons. The fourth-order valence-corrected chi connectivity index (χ4v) is 2.88. The molecule has 0 saturated heterocycles. The summed E-state index contributed by atoms with van der Waals surface area (Å²) in [6, 6.07) is 9.42. The first-order valence-electron chi connectivity index (χ1n) is 6.64. The normalized spacial score (nSPS) is 12.2. The molecular weight excluding hydrogens is 270 g/mol. The number of aromatic nitrogens is 1. The molecule has 1 aromatic heterocycles. The zero-order valence-electron chi connectivity index (χ0n) is 11.7. The maximum atomic E-state index is 12.4. The average molecular weight is 289 g/mol. The van der Waals surface area contributed by atoms with Crippen molar-refractivity contribution < 1.29 is 4.79 Å². The Labute approximate surface area is 123 Å². The summed E-state index contributed by atoms with van der Waals surface area (Å²) in [7, 11) is 0. The molecule has 1 aromatic carbocycles. The summed E-state index contributed by atoms with van der Waals surface area (Å²) in [6.07, 6.45) is 0.288. The standard InChI is InChI=1S/C15H19N3OS/c1-3-18(15-17-11(2)10-20-15)14(19)9-13(16)12-7-5-4-6-8-12/h4-8,10,13H,3,9,16H2,1-2H3. The molecule has 0 bridgehead atoms. The van der Waals surface area contributed by atoms with Gasteiger partial charge in [0, 0.05) is 24.4 Å². The van der Waals surface area contributed by atoms with E-state index in [4.69, 9.17) is 5.73 Å². The first-order chi connectivity index (χ1) is 9.61. The van der Waals surface area contributed by atoms with Crippen LogP contribution in [0.4, 0.5) is 5.13 Å². The van der Waals surface area contributed by atoms with Crippen molar-refractivity contribution in [1.29, 1.82) is 0 Å². The van der Waals surface area contributed by atoms with E-state index >= 15 is 0 Å². The van der Waals surface area contributed by atoms with Crippen LogP contribution in [-0.4, -0.2) is 17.4 Å². The van der Waals surface area contributed by atoms with Gasteiger partial charge < -0.3 is 5.73 Å². The van der Waals surface area contributed by atoms with Gasteiger partial charge in [0.25, 0.3) is 0 Å². The third kappa shape index (κ3) is 3.43. The molecule has 0 aliphatic heterocycles. The smallest absolute Gasteiger partial charge is 0.230 e. The van der Waals surface area contributed by atoms with E-state index in [2.05, 4.69) is 4.98 Å². The predicted octanol–water partition coefficient (Wildman–Crippen LogP) is 2.89. The van der Waals surface area contributed by atoms with Gasteiger partial charge in [-0.15, -0.1) is 11.3 Å². The van der Waals surface area contributed by atoms with Crippen LogP contribution in [0, 0.1) is 6.92 Å². The Morgan fingerprint density at radius 1 is 1.40 bits per heavy atom. The Morgan fingerprint density at radius 2 is 2.10 bits per heavy atom. The van der Waals surface area contributed by atoms with Gasteiger partial charge in [-0.1, -0.05) is 30.3 Å². The summed E-state index contributed by atoms with van der Waals surface area (Å²) in [5.74, 6) is 0.0122. The summed E-state index contributed by atoms with van der Waals surface area (Å²) in [4.78, 5) is 18.4. The Hall–Kier alpha value is -1.72. The number of carbonyl (C=O) groups excluding carboxylic acids is 1. The summed E-state index contributed by atoms with van der Waals surface area (Å²) in [6.45, 7) is 4.48. The topological polar surface area (TPSA) is 59.2 Å². The predicted molar refractivity (Wildman–Crippen MR) is 82.9 cm³/mol. The van der Waals surface area contributed by atoms with E-state index in [0.29, 0.717) is 6.54 Å². The summed E-state index contributed by atoms with van der Waals surface area (Å²) in [5, 5.41) is 2.69. The second kappa shape index (κ2) is 6.63. The number of nitrogens with two attached hydrogens (primary N) is 1.